The van der Waals surface area contributed by atoms with Crippen molar-refractivity contribution in [1.29, 1.82) is 0 Å². The molecule has 0 atom stereocenters. The van der Waals surface area contributed by atoms with Gasteiger partial charge in [-0.2, -0.15) is 0 Å². The maximum Gasteiger partial charge on any atom is 0.0889 e. The highest BCUT2D eigenvalue weighted by atomic mass is 16.5. The Hall–Kier alpha value is -0.160. The molecule has 0 saturated carbocycles. The van der Waals surface area contributed by atoms with Crippen LogP contribution < -0.4 is 5.32 Å². The molecule has 0 spiro atoms. The van der Waals surface area contributed by atoms with Gasteiger partial charge in [-0.05, 0) is 33.2 Å². The molecule has 0 saturated heterocycles. The number of ether oxygens (including phenoxy) is 3. The summed E-state index contributed by atoms with van der Waals surface area (Å²) in [6.45, 7) is 15.4. The third kappa shape index (κ3) is 8.03. The highest BCUT2D eigenvalue weighted by molar-refractivity contribution is 4.88. The Labute approximate surface area is 112 Å². The lowest BCUT2D eigenvalue weighted by atomic mass is 10.0. The van der Waals surface area contributed by atoms with E-state index in [-0.39, 0.29) is 5.54 Å². The molecule has 0 heterocycles. The van der Waals surface area contributed by atoms with Crippen LogP contribution in [0.4, 0.5) is 0 Å². The maximum absolute atomic E-state index is 5.60. The number of hydrogen-bond acceptors (Lipinski definition) is 4. The molecule has 0 aliphatic carbocycles. The standard InChI is InChI=1S/C14H31NO3/c1-6-16-10-14(11-17-7-2,12-18-8-3)15-9-13(4)5/h13,15H,6-12H2,1-5H3. The Morgan fingerprint density at radius 1 is 0.833 bits per heavy atom. The minimum atomic E-state index is -0.230. The fourth-order valence-electron chi connectivity index (χ4n) is 1.59. The average molecular weight is 261 g/mol. The van der Waals surface area contributed by atoms with Crippen molar-refractivity contribution in [2.75, 3.05) is 46.2 Å². The summed E-state index contributed by atoms with van der Waals surface area (Å²) in [5.41, 5.74) is -0.230. The Morgan fingerprint density at radius 2 is 1.22 bits per heavy atom. The van der Waals surface area contributed by atoms with Gasteiger partial charge in [0.2, 0.25) is 0 Å². The Bertz CT molecular complexity index is 164. The smallest absolute Gasteiger partial charge is 0.0889 e. The van der Waals surface area contributed by atoms with Crippen molar-refractivity contribution in [1.82, 2.24) is 5.32 Å². The van der Waals surface area contributed by atoms with Crippen molar-refractivity contribution in [3.05, 3.63) is 0 Å². The molecule has 18 heavy (non-hydrogen) atoms. The number of rotatable bonds is 12. The van der Waals surface area contributed by atoms with Crippen molar-refractivity contribution < 1.29 is 14.2 Å². The molecule has 0 radical (unpaired) electrons. The first-order valence-electron chi connectivity index (χ1n) is 7.08. The van der Waals surface area contributed by atoms with Gasteiger partial charge in [0.1, 0.15) is 0 Å². The zero-order valence-corrected chi connectivity index (χ0v) is 12.8. The summed E-state index contributed by atoms with van der Waals surface area (Å²) in [5.74, 6) is 0.592. The van der Waals surface area contributed by atoms with Crippen LogP contribution in [0.3, 0.4) is 0 Å². The largest absolute Gasteiger partial charge is 0.380 e. The van der Waals surface area contributed by atoms with Gasteiger partial charge in [-0.15, -0.1) is 0 Å². The second kappa shape index (κ2) is 10.7. The quantitative estimate of drug-likeness (QED) is 0.584. The van der Waals surface area contributed by atoms with E-state index in [1.807, 2.05) is 20.8 Å². The van der Waals surface area contributed by atoms with Crippen LogP contribution in [-0.4, -0.2) is 51.7 Å². The summed E-state index contributed by atoms with van der Waals surface area (Å²) in [6, 6.07) is 0. The molecule has 0 aromatic carbocycles. The number of nitrogens with one attached hydrogen (secondary N) is 1. The van der Waals surface area contributed by atoms with Gasteiger partial charge >= 0.3 is 0 Å². The summed E-state index contributed by atoms with van der Waals surface area (Å²) in [7, 11) is 0. The summed E-state index contributed by atoms with van der Waals surface area (Å²) in [5, 5.41) is 3.56. The second-order valence-electron chi connectivity index (χ2n) is 4.97. The van der Waals surface area contributed by atoms with E-state index in [4.69, 9.17) is 14.2 Å². The van der Waals surface area contributed by atoms with E-state index >= 15 is 0 Å². The Morgan fingerprint density at radius 3 is 1.50 bits per heavy atom. The highest BCUT2D eigenvalue weighted by Crippen LogP contribution is 2.10. The fraction of sp³-hybridized carbons (Fsp3) is 1.00. The molecular formula is C14H31NO3. The molecule has 4 heteroatoms. The molecule has 110 valence electrons. The molecule has 0 rings (SSSR count). The Balaban J connectivity index is 4.51. The molecule has 4 nitrogen and oxygen atoms in total. The molecule has 0 amide bonds. The van der Waals surface area contributed by atoms with E-state index in [1.165, 1.54) is 0 Å². The lowest BCUT2D eigenvalue weighted by molar-refractivity contribution is -0.0345. The van der Waals surface area contributed by atoms with Crippen molar-refractivity contribution in [2.24, 2.45) is 5.92 Å². The Kier molecular flexibility index (Phi) is 10.6. The monoisotopic (exact) mass is 261 g/mol. The van der Waals surface area contributed by atoms with Crippen LogP contribution in [0, 0.1) is 5.92 Å². The first-order chi connectivity index (χ1) is 8.60. The molecule has 0 aromatic heterocycles. The molecule has 0 fully saturated rings. The lowest BCUT2D eigenvalue weighted by Crippen LogP contribution is -2.57. The first kappa shape index (κ1) is 17.8. The van der Waals surface area contributed by atoms with Crippen LogP contribution in [0.25, 0.3) is 0 Å². The van der Waals surface area contributed by atoms with Crippen LogP contribution in [0.5, 0.6) is 0 Å². The van der Waals surface area contributed by atoms with E-state index in [0.717, 1.165) is 6.54 Å². The van der Waals surface area contributed by atoms with Crippen LogP contribution in [0.2, 0.25) is 0 Å². The van der Waals surface area contributed by atoms with Gasteiger partial charge in [0, 0.05) is 19.8 Å². The van der Waals surface area contributed by atoms with Crippen molar-refractivity contribution in [3.8, 4) is 0 Å². The summed E-state index contributed by atoms with van der Waals surface area (Å²) < 4.78 is 16.8. The maximum atomic E-state index is 5.60. The molecule has 0 aliphatic rings. The average Bonchev–Trinajstić information content (AvgIpc) is 2.37. The molecular weight excluding hydrogens is 230 g/mol. The topological polar surface area (TPSA) is 39.7 Å². The van der Waals surface area contributed by atoms with Crippen molar-refractivity contribution >= 4 is 0 Å². The SMILES string of the molecule is CCOCC(COCC)(COCC)NCC(C)C. The highest BCUT2D eigenvalue weighted by Gasteiger charge is 2.31. The third-order valence-corrected chi connectivity index (χ3v) is 2.63. The van der Waals surface area contributed by atoms with E-state index in [0.29, 0.717) is 45.6 Å². The van der Waals surface area contributed by atoms with Gasteiger partial charge in [0.05, 0.1) is 25.4 Å². The minimum absolute atomic E-state index is 0.230. The fourth-order valence-corrected chi connectivity index (χ4v) is 1.59. The van der Waals surface area contributed by atoms with E-state index in [2.05, 4.69) is 19.2 Å². The predicted molar refractivity (Wildman–Crippen MR) is 75.1 cm³/mol. The summed E-state index contributed by atoms with van der Waals surface area (Å²) in [6.07, 6.45) is 0. The zero-order chi connectivity index (χ0) is 13.9. The van der Waals surface area contributed by atoms with Gasteiger partial charge in [-0.1, -0.05) is 13.8 Å². The third-order valence-electron chi connectivity index (χ3n) is 2.63. The first-order valence-corrected chi connectivity index (χ1v) is 7.08. The van der Waals surface area contributed by atoms with Gasteiger partial charge in [-0.3, -0.25) is 0 Å². The van der Waals surface area contributed by atoms with Crippen LogP contribution >= 0.6 is 0 Å². The minimum Gasteiger partial charge on any atom is -0.380 e. The van der Waals surface area contributed by atoms with Gasteiger partial charge < -0.3 is 19.5 Å². The lowest BCUT2D eigenvalue weighted by Gasteiger charge is -2.34. The predicted octanol–water partition coefficient (Wildman–Crippen LogP) is 2.08. The molecule has 0 bridgehead atoms. The summed E-state index contributed by atoms with van der Waals surface area (Å²) in [4.78, 5) is 0. The zero-order valence-electron chi connectivity index (χ0n) is 12.8. The van der Waals surface area contributed by atoms with Crippen LogP contribution in [0.1, 0.15) is 34.6 Å². The normalized spacial score (nSPS) is 12.3. The van der Waals surface area contributed by atoms with E-state index in [9.17, 15) is 0 Å². The van der Waals surface area contributed by atoms with Crippen molar-refractivity contribution in [3.63, 3.8) is 0 Å². The molecule has 1 N–H and O–H groups in total. The van der Waals surface area contributed by atoms with Gasteiger partial charge in [0.25, 0.3) is 0 Å². The van der Waals surface area contributed by atoms with E-state index < -0.39 is 0 Å². The summed E-state index contributed by atoms with van der Waals surface area (Å²) >= 11 is 0. The van der Waals surface area contributed by atoms with Crippen LogP contribution in [-0.2, 0) is 14.2 Å². The molecule has 0 aliphatic heterocycles. The molecule has 0 unspecified atom stereocenters. The van der Waals surface area contributed by atoms with E-state index in [1.54, 1.807) is 0 Å². The van der Waals surface area contributed by atoms with Crippen molar-refractivity contribution in [2.45, 2.75) is 40.2 Å². The molecule has 0 aromatic rings. The number of hydrogen-bond donors (Lipinski definition) is 1. The van der Waals surface area contributed by atoms with Crippen LogP contribution in [0.15, 0.2) is 0 Å². The second-order valence-corrected chi connectivity index (χ2v) is 4.97. The van der Waals surface area contributed by atoms with Gasteiger partial charge in [-0.25, -0.2) is 0 Å². The van der Waals surface area contributed by atoms with Gasteiger partial charge in [0.15, 0.2) is 0 Å².